The second-order valence-corrected chi connectivity index (χ2v) is 5.77. The zero-order valence-corrected chi connectivity index (χ0v) is 11.6. The Morgan fingerprint density at radius 2 is 1.78 bits per heavy atom. The molecule has 1 rings (SSSR count). The Hall–Kier alpha value is -0.600. The van der Waals surface area contributed by atoms with E-state index >= 15 is 0 Å². The maximum absolute atomic E-state index is 12.4. The van der Waals surface area contributed by atoms with Crippen molar-refractivity contribution in [2.45, 2.75) is 24.1 Å². The Morgan fingerprint density at radius 1 is 1.28 bits per heavy atom. The highest BCUT2D eigenvalue weighted by molar-refractivity contribution is 9.09. The van der Waals surface area contributed by atoms with Gasteiger partial charge in [-0.15, -0.1) is 0 Å². The number of aryl methyl sites for hydroxylation is 1. The molecule has 0 aliphatic carbocycles. The van der Waals surface area contributed by atoms with Crippen LogP contribution in [0.1, 0.15) is 5.56 Å². The summed E-state index contributed by atoms with van der Waals surface area (Å²) >= 11 is 2.58. The molecule has 18 heavy (non-hydrogen) atoms. The first kappa shape index (κ1) is 15.5. The molecule has 1 atom stereocenters. The number of hydrogen-bond acceptors (Lipinski definition) is 3. The molecule has 0 heterocycles. The Morgan fingerprint density at radius 3 is 2.17 bits per heavy atom. The molecule has 1 aromatic rings. The van der Waals surface area contributed by atoms with Crippen LogP contribution in [0.15, 0.2) is 29.2 Å². The van der Waals surface area contributed by atoms with Gasteiger partial charge in [-0.25, -0.2) is 0 Å². The summed E-state index contributed by atoms with van der Waals surface area (Å²) in [4.78, 5) is -0.302. The summed E-state index contributed by atoms with van der Waals surface area (Å²) in [6.45, 7) is 1.73. The largest absolute Gasteiger partial charge is 0.416 e. The number of hydrogen-bond donors (Lipinski definition) is 0. The van der Waals surface area contributed by atoms with Crippen LogP contribution in [0.5, 0.6) is 0 Å². The molecular weight excluding hydrogens is 337 g/mol. The summed E-state index contributed by atoms with van der Waals surface area (Å²) in [7, 11) is -4.42. The van der Waals surface area contributed by atoms with Crippen molar-refractivity contribution in [2.75, 3.05) is 5.33 Å². The van der Waals surface area contributed by atoms with Crippen molar-refractivity contribution in [3.05, 3.63) is 29.8 Å². The Labute approximate surface area is 111 Å². The van der Waals surface area contributed by atoms with E-state index in [-0.39, 0.29) is 4.90 Å². The normalized spacial score (nSPS) is 14.5. The fraction of sp³-hybridized carbons (Fsp3) is 0.400. The predicted molar refractivity (Wildman–Crippen MR) is 63.1 cm³/mol. The third-order valence-corrected chi connectivity index (χ3v) is 3.98. The average molecular weight is 347 g/mol. The van der Waals surface area contributed by atoms with Gasteiger partial charge in [-0.3, -0.25) is 4.18 Å². The molecule has 102 valence electrons. The van der Waals surface area contributed by atoms with Crippen molar-refractivity contribution in [1.29, 1.82) is 0 Å². The van der Waals surface area contributed by atoms with E-state index in [1.165, 1.54) is 24.3 Å². The molecule has 0 radical (unpaired) electrons. The highest BCUT2D eigenvalue weighted by atomic mass is 79.9. The zero-order chi connectivity index (χ0) is 14.0. The second-order valence-electron chi connectivity index (χ2n) is 3.55. The minimum atomic E-state index is -4.75. The van der Waals surface area contributed by atoms with Gasteiger partial charge in [-0.2, -0.15) is 21.6 Å². The van der Waals surface area contributed by atoms with Gasteiger partial charge in [-0.1, -0.05) is 33.6 Å². The molecule has 0 N–H and O–H groups in total. The maximum Gasteiger partial charge on any atom is 0.416 e. The molecule has 3 nitrogen and oxygen atoms in total. The minimum absolute atomic E-state index is 0.302. The third kappa shape index (κ3) is 3.96. The lowest BCUT2D eigenvalue weighted by Crippen LogP contribution is -2.35. The molecule has 8 heteroatoms. The Kier molecular flexibility index (Phi) is 4.79. The van der Waals surface area contributed by atoms with Crippen molar-refractivity contribution in [3.8, 4) is 0 Å². The van der Waals surface area contributed by atoms with Crippen LogP contribution in [0.3, 0.4) is 0 Å². The topological polar surface area (TPSA) is 43.4 Å². The molecule has 0 spiro atoms. The first-order chi connectivity index (χ1) is 8.16. The molecule has 0 unspecified atom stereocenters. The van der Waals surface area contributed by atoms with E-state index in [2.05, 4.69) is 20.1 Å². The van der Waals surface area contributed by atoms with Gasteiger partial charge in [0.15, 0.2) is 6.10 Å². The summed E-state index contributed by atoms with van der Waals surface area (Å²) in [6, 6.07) is 5.36. The molecule has 0 fully saturated rings. The van der Waals surface area contributed by atoms with Crippen molar-refractivity contribution in [2.24, 2.45) is 0 Å². The summed E-state index contributed by atoms with van der Waals surface area (Å²) < 4.78 is 64.6. The molecule has 1 aromatic carbocycles. The molecule has 0 aliphatic rings. The van der Waals surface area contributed by atoms with Crippen LogP contribution < -0.4 is 0 Å². The highest BCUT2D eigenvalue weighted by Crippen LogP contribution is 2.27. The van der Waals surface area contributed by atoms with Crippen LogP contribution in [0.4, 0.5) is 13.2 Å². The molecule has 0 aliphatic heterocycles. The van der Waals surface area contributed by atoms with Gasteiger partial charge in [0.05, 0.1) is 4.90 Å². The van der Waals surface area contributed by atoms with E-state index in [1.807, 2.05) is 0 Å². The summed E-state index contributed by atoms with van der Waals surface area (Å²) in [5.41, 5.74) is 0.793. The van der Waals surface area contributed by atoms with E-state index in [1.54, 1.807) is 6.92 Å². The number of rotatable bonds is 4. The lowest BCUT2D eigenvalue weighted by molar-refractivity contribution is -0.186. The van der Waals surface area contributed by atoms with E-state index in [9.17, 15) is 21.6 Å². The van der Waals surface area contributed by atoms with Crippen LogP contribution in [0.2, 0.25) is 0 Å². The SMILES string of the molecule is Cc1ccc(S(=O)(=O)O[C@@H](CBr)C(F)(F)F)cc1. The lowest BCUT2D eigenvalue weighted by Gasteiger charge is -2.18. The Balaban J connectivity index is 2.98. The van der Waals surface area contributed by atoms with Crippen molar-refractivity contribution >= 4 is 26.0 Å². The maximum atomic E-state index is 12.4. The summed E-state index contributed by atoms with van der Waals surface area (Å²) in [6.07, 6.45) is -7.15. The first-order valence-corrected chi connectivity index (χ1v) is 7.32. The lowest BCUT2D eigenvalue weighted by atomic mass is 10.2. The van der Waals surface area contributed by atoms with Gasteiger partial charge in [0, 0.05) is 5.33 Å². The van der Waals surface area contributed by atoms with Crippen LogP contribution in [0.25, 0.3) is 0 Å². The van der Waals surface area contributed by atoms with Gasteiger partial charge in [0.25, 0.3) is 10.1 Å². The highest BCUT2D eigenvalue weighted by Gasteiger charge is 2.43. The van der Waals surface area contributed by atoms with Gasteiger partial charge in [0.1, 0.15) is 0 Å². The molecule has 0 saturated carbocycles. The summed E-state index contributed by atoms with van der Waals surface area (Å²) in [5.74, 6) is 0. The quantitative estimate of drug-likeness (QED) is 0.621. The first-order valence-electron chi connectivity index (χ1n) is 4.79. The molecule has 0 bridgehead atoms. The smallest absolute Gasteiger partial charge is 0.253 e. The fourth-order valence-electron chi connectivity index (χ4n) is 1.08. The zero-order valence-electron chi connectivity index (χ0n) is 9.24. The number of alkyl halides is 4. The number of halogens is 4. The van der Waals surface area contributed by atoms with Crippen LogP contribution in [-0.2, 0) is 14.3 Å². The van der Waals surface area contributed by atoms with Crippen LogP contribution in [0, 0.1) is 6.92 Å². The van der Waals surface area contributed by atoms with E-state index in [4.69, 9.17) is 0 Å². The van der Waals surface area contributed by atoms with Crippen molar-refractivity contribution < 1.29 is 25.8 Å². The predicted octanol–water partition coefficient (Wildman–Crippen LogP) is 3.03. The molecule has 0 amide bonds. The standard InChI is InChI=1S/C10H10BrF3O3S/c1-7-2-4-8(5-3-7)18(15,16)17-9(6-11)10(12,13)14/h2-5,9H,6H2,1H3/t9-/m0/s1. The minimum Gasteiger partial charge on any atom is -0.253 e. The number of benzene rings is 1. The van der Waals surface area contributed by atoms with Gasteiger partial charge in [0.2, 0.25) is 0 Å². The monoisotopic (exact) mass is 346 g/mol. The van der Waals surface area contributed by atoms with Gasteiger partial charge >= 0.3 is 6.18 Å². The fourth-order valence-corrected chi connectivity index (χ4v) is 2.82. The van der Waals surface area contributed by atoms with Crippen molar-refractivity contribution in [1.82, 2.24) is 0 Å². The van der Waals surface area contributed by atoms with Crippen LogP contribution in [-0.4, -0.2) is 26.0 Å². The van der Waals surface area contributed by atoms with Gasteiger partial charge in [-0.05, 0) is 19.1 Å². The molecule has 0 saturated heterocycles. The van der Waals surface area contributed by atoms with Crippen molar-refractivity contribution in [3.63, 3.8) is 0 Å². The average Bonchev–Trinajstić information content (AvgIpc) is 2.25. The third-order valence-electron chi connectivity index (χ3n) is 2.06. The molecule has 0 aromatic heterocycles. The van der Waals surface area contributed by atoms with E-state index < -0.39 is 27.7 Å². The summed E-state index contributed by atoms with van der Waals surface area (Å²) in [5, 5.41) is -0.651. The van der Waals surface area contributed by atoms with Crippen LogP contribution >= 0.6 is 15.9 Å². The van der Waals surface area contributed by atoms with E-state index in [0.29, 0.717) is 0 Å². The second kappa shape index (κ2) is 5.58. The molecular formula is C10H10BrF3O3S. The van der Waals surface area contributed by atoms with Gasteiger partial charge < -0.3 is 0 Å². The Bertz CT molecular complexity index is 496. The van der Waals surface area contributed by atoms with E-state index in [0.717, 1.165) is 5.56 Å².